The van der Waals surface area contributed by atoms with Crippen LogP contribution < -0.4 is 4.57 Å². The minimum Gasteiger partial charge on any atom is -0.285 e. The van der Waals surface area contributed by atoms with Crippen LogP contribution in [0.15, 0.2) is 18.7 Å². The average Bonchev–Trinajstić information content (AvgIpc) is 2.60. The van der Waals surface area contributed by atoms with Crippen molar-refractivity contribution in [1.82, 2.24) is 4.57 Å². The van der Waals surface area contributed by atoms with Crippen LogP contribution in [0, 0.1) is 5.92 Å². The molecule has 98 valence electrons. The Kier molecular flexibility index (Phi) is 3.69. The number of aryl methyl sites for hydroxylation is 1. The molecule has 17 heavy (non-hydrogen) atoms. The molecule has 1 unspecified atom stereocenters. The fraction of sp³-hybridized carbons (Fsp3) is 0.727. The highest BCUT2D eigenvalue weighted by molar-refractivity contribution is 7.87. The molecule has 0 aromatic carbocycles. The third kappa shape index (κ3) is 2.69. The SMILES string of the molecule is CC([C@@H](C)C(C)(C)S(=O)(=O)O)n1cc[n+](C)c1. The van der Waals surface area contributed by atoms with E-state index >= 15 is 0 Å². The van der Waals surface area contributed by atoms with Crippen LogP contribution in [0.2, 0.25) is 0 Å². The normalized spacial score (nSPS) is 16.8. The van der Waals surface area contributed by atoms with Crippen LogP contribution in [-0.4, -0.2) is 22.3 Å². The summed E-state index contributed by atoms with van der Waals surface area (Å²) in [4.78, 5) is 0. The second kappa shape index (κ2) is 4.42. The Balaban J connectivity index is 3.02. The summed E-state index contributed by atoms with van der Waals surface area (Å²) in [5.74, 6) is -0.218. The number of imidazole rings is 1. The van der Waals surface area contributed by atoms with Gasteiger partial charge in [-0.2, -0.15) is 8.42 Å². The first-order valence-electron chi connectivity index (χ1n) is 5.57. The number of hydrogen-bond acceptors (Lipinski definition) is 2. The van der Waals surface area contributed by atoms with Gasteiger partial charge in [0.2, 0.25) is 6.33 Å². The van der Waals surface area contributed by atoms with Crippen molar-refractivity contribution < 1.29 is 17.5 Å². The molecular weight excluding hydrogens is 240 g/mol. The van der Waals surface area contributed by atoms with Crippen LogP contribution in [0.25, 0.3) is 0 Å². The molecule has 0 saturated carbocycles. The van der Waals surface area contributed by atoms with Gasteiger partial charge in [-0.3, -0.25) is 4.55 Å². The van der Waals surface area contributed by atoms with E-state index in [0.717, 1.165) is 0 Å². The van der Waals surface area contributed by atoms with Gasteiger partial charge in [0, 0.05) is 5.92 Å². The molecule has 0 aliphatic carbocycles. The fourth-order valence-corrected chi connectivity index (χ4v) is 2.45. The minimum atomic E-state index is -4.07. The predicted octanol–water partition coefficient (Wildman–Crippen LogP) is 1.18. The molecule has 0 aliphatic rings. The second-order valence-electron chi connectivity index (χ2n) is 5.13. The maximum absolute atomic E-state index is 11.4. The molecule has 1 N–H and O–H groups in total. The van der Waals surface area contributed by atoms with Crippen molar-refractivity contribution in [2.75, 3.05) is 0 Å². The molecule has 1 rings (SSSR count). The highest BCUT2D eigenvalue weighted by Crippen LogP contribution is 2.33. The van der Waals surface area contributed by atoms with E-state index in [0.29, 0.717) is 0 Å². The standard InChI is InChI=1S/C11H20N2O3S/c1-9(11(3,4)17(14,15)16)10(2)13-7-6-12(5)8-13/h6-10H,1-5H3/p+1/t9-,10?/m1/s1. The van der Waals surface area contributed by atoms with E-state index in [1.165, 1.54) is 0 Å². The van der Waals surface area contributed by atoms with Gasteiger partial charge in [0.1, 0.15) is 18.4 Å². The minimum absolute atomic E-state index is 0.0203. The van der Waals surface area contributed by atoms with Gasteiger partial charge in [-0.1, -0.05) is 6.92 Å². The van der Waals surface area contributed by atoms with Gasteiger partial charge in [-0.15, -0.1) is 0 Å². The fourth-order valence-electron chi connectivity index (χ4n) is 1.78. The third-order valence-electron chi connectivity index (χ3n) is 3.74. The van der Waals surface area contributed by atoms with Crippen LogP contribution in [0.1, 0.15) is 33.7 Å². The largest absolute Gasteiger partial charge is 0.285 e. The zero-order valence-corrected chi connectivity index (χ0v) is 11.8. The van der Waals surface area contributed by atoms with Crippen molar-refractivity contribution in [2.45, 2.75) is 38.5 Å². The summed E-state index contributed by atoms with van der Waals surface area (Å²) >= 11 is 0. The van der Waals surface area contributed by atoms with E-state index in [-0.39, 0.29) is 12.0 Å². The summed E-state index contributed by atoms with van der Waals surface area (Å²) in [5.41, 5.74) is 0. The number of aromatic nitrogens is 2. The lowest BCUT2D eigenvalue weighted by molar-refractivity contribution is -0.671. The molecule has 1 aromatic rings. The molecule has 0 amide bonds. The summed E-state index contributed by atoms with van der Waals surface area (Å²) in [5, 5.41) is 0. The number of rotatable bonds is 4. The second-order valence-corrected chi connectivity index (χ2v) is 7.14. The van der Waals surface area contributed by atoms with E-state index in [9.17, 15) is 13.0 Å². The Hall–Kier alpha value is -0.880. The van der Waals surface area contributed by atoms with Gasteiger partial charge >= 0.3 is 0 Å². The molecule has 1 aromatic heterocycles. The lowest BCUT2D eigenvalue weighted by Gasteiger charge is -2.31. The lowest BCUT2D eigenvalue weighted by atomic mass is 9.90. The smallest absolute Gasteiger partial charge is 0.270 e. The summed E-state index contributed by atoms with van der Waals surface area (Å²) in [6.07, 6.45) is 5.67. The van der Waals surface area contributed by atoms with E-state index in [1.54, 1.807) is 13.8 Å². The zero-order chi connectivity index (χ0) is 13.4. The van der Waals surface area contributed by atoms with Crippen molar-refractivity contribution in [2.24, 2.45) is 13.0 Å². The summed E-state index contributed by atoms with van der Waals surface area (Å²) in [7, 11) is -2.16. The molecule has 6 heteroatoms. The molecule has 5 nitrogen and oxygen atoms in total. The van der Waals surface area contributed by atoms with E-state index in [1.807, 2.05) is 48.8 Å². The van der Waals surface area contributed by atoms with Crippen LogP contribution in [0.3, 0.4) is 0 Å². The molecule has 0 aliphatic heterocycles. The Bertz CT molecular complexity index is 491. The molecule has 0 saturated heterocycles. The van der Waals surface area contributed by atoms with Crippen molar-refractivity contribution in [3.8, 4) is 0 Å². The maximum atomic E-state index is 11.4. The zero-order valence-electron chi connectivity index (χ0n) is 11.0. The predicted molar refractivity (Wildman–Crippen MR) is 65.1 cm³/mol. The third-order valence-corrected chi connectivity index (χ3v) is 5.45. The Morgan fingerprint density at radius 3 is 2.24 bits per heavy atom. The van der Waals surface area contributed by atoms with Crippen LogP contribution in [0.4, 0.5) is 0 Å². The van der Waals surface area contributed by atoms with Gasteiger partial charge in [0.15, 0.2) is 0 Å². The van der Waals surface area contributed by atoms with Gasteiger partial charge in [-0.25, -0.2) is 9.13 Å². The first-order chi connectivity index (χ1) is 7.57. The monoisotopic (exact) mass is 261 g/mol. The molecule has 1 heterocycles. The summed E-state index contributed by atoms with van der Waals surface area (Å²) < 4.78 is 34.7. The Morgan fingerprint density at radius 1 is 1.35 bits per heavy atom. The first-order valence-corrected chi connectivity index (χ1v) is 7.01. The van der Waals surface area contributed by atoms with E-state index in [2.05, 4.69) is 0 Å². The van der Waals surface area contributed by atoms with Crippen molar-refractivity contribution in [3.63, 3.8) is 0 Å². The van der Waals surface area contributed by atoms with Crippen molar-refractivity contribution >= 4 is 10.1 Å². The molecule has 0 spiro atoms. The lowest BCUT2D eigenvalue weighted by Crippen LogP contribution is -2.41. The quantitative estimate of drug-likeness (QED) is 0.654. The van der Waals surface area contributed by atoms with Gasteiger partial charge in [0.25, 0.3) is 10.1 Å². The van der Waals surface area contributed by atoms with Gasteiger partial charge in [-0.05, 0) is 20.8 Å². The van der Waals surface area contributed by atoms with Gasteiger partial charge < -0.3 is 0 Å². The van der Waals surface area contributed by atoms with Gasteiger partial charge in [0.05, 0.1) is 11.8 Å². The molecule has 0 fully saturated rings. The molecule has 2 atom stereocenters. The number of nitrogens with zero attached hydrogens (tertiary/aromatic N) is 2. The Labute approximate surface area is 103 Å². The summed E-state index contributed by atoms with van der Waals surface area (Å²) in [6, 6.07) is -0.0203. The van der Waals surface area contributed by atoms with Crippen LogP contribution in [-0.2, 0) is 17.2 Å². The topological polar surface area (TPSA) is 63.2 Å². The average molecular weight is 261 g/mol. The maximum Gasteiger partial charge on any atom is 0.270 e. The van der Waals surface area contributed by atoms with E-state index < -0.39 is 14.9 Å². The number of hydrogen-bond donors (Lipinski definition) is 1. The molecule has 0 bridgehead atoms. The molecular formula is C11H21N2O3S+. The summed E-state index contributed by atoms with van der Waals surface area (Å²) in [6.45, 7) is 6.87. The van der Waals surface area contributed by atoms with Crippen molar-refractivity contribution in [3.05, 3.63) is 18.7 Å². The first kappa shape index (κ1) is 14.2. The Morgan fingerprint density at radius 2 is 1.88 bits per heavy atom. The molecule has 0 radical (unpaired) electrons. The van der Waals surface area contributed by atoms with E-state index in [4.69, 9.17) is 0 Å². The highest BCUT2D eigenvalue weighted by atomic mass is 32.2. The van der Waals surface area contributed by atoms with Crippen LogP contribution >= 0.6 is 0 Å². The van der Waals surface area contributed by atoms with Crippen molar-refractivity contribution in [1.29, 1.82) is 0 Å². The van der Waals surface area contributed by atoms with Crippen LogP contribution in [0.5, 0.6) is 0 Å². The highest BCUT2D eigenvalue weighted by Gasteiger charge is 2.42.